The van der Waals surface area contributed by atoms with E-state index in [4.69, 9.17) is 0 Å². The van der Waals surface area contributed by atoms with Gasteiger partial charge in [0, 0.05) is 18.0 Å². The Morgan fingerprint density at radius 3 is 3.06 bits per heavy atom. The first kappa shape index (κ1) is 11.2. The largest absolute Gasteiger partial charge is 0.365 e. The van der Waals surface area contributed by atoms with E-state index >= 15 is 0 Å². The van der Waals surface area contributed by atoms with Crippen LogP contribution < -0.4 is 5.32 Å². The Bertz CT molecular complexity index is 431. The Hall–Kier alpha value is -1.29. The molecule has 0 aromatic carbocycles. The highest BCUT2D eigenvalue weighted by molar-refractivity contribution is 7.09. The van der Waals surface area contributed by atoms with E-state index < -0.39 is 0 Å². The molecule has 0 radical (unpaired) electrons. The Balaban J connectivity index is 1.98. The van der Waals surface area contributed by atoms with E-state index in [1.54, 1.807) is 11.3 Å². The van der Waals surface area contributed by atoms with Crippen molar-refractivity contribution in [3.05, 3.63) is 34.2 Å². The minimum Gasteiger partial charge on any atom is -0.365 e. The monoisotopic (exact) mass is 235 g/mol. The molecule has 3 nitrogen and oxygen atoms in total. The maximum absolute atomic E-state index is 4.46. The van der Waals surface area contributed by atoms with Crippen LogP contribution in [0.2, 0.25) is 0 Å². The molecule has 0 fully saturated rings. The predicted octanol–water partition coefficient (Wildman–Crippen LogP) is 3.05. The van der Waals surface area contributed by atoms with Crippen molar-refractivity contribution in [1.82, 2.24) is 9.78 Å². The number of aryl methyl sites for hydroxylation is 2. The van der Waals surface area contributed by atoms with Gasteiger partial charge >= 0.3 is 0 Å². The molecular formula is C12H17N3S. The molecule has 0 saturated heterocycles. The smallest absolute Gasteiger partial charge is 0.124 e. The Labute approximate surface area is 100 Å². The van der Waals surface area contributed by atoms with E-state index in [1.807, 2.05) is 11.7 Å². The first-order valence-electron chi connectivity index (χ1n) is 5.58. The quantitative estimate of drug-likeness (QED) is 0.863. The minimum absolute atomic E-state index is 0.878. The van der Waals surface area contributed by atoms with E-state index in [0.717, 1.165) is 25.2 Å². The summed E-state index contributed by atoms with van der Waals surface area (Å²) in [6.45, 7) is 3.05. The second-order valence-electron chi connectivity index (χ2n) is 3.83. The summed E-state index contributed by atoms with van der Waals surface area (Å²) in [5.41, 5.74) is 1.17. The third-order valence-corrected chi connectivity index (χ3v) is 3.34. The van der Waals surface area contributed by atoms with Crippen molar-refractivity contribution in [2.45, 2.75) is 26.3 Å². The molecule has 2 rings (SSSR count). The molecular weight excluding hydrogens is 218 g/mol. The molecule has 0 aliphatic heterocycles. The zero-order valence-electron chi connectivity index (χ0n) is 9.73. The molecule has 0 aliphatic rings. The van der Waals surface area contributed by atoms with Gasteiger partial charge in [0.15, 0.2) is 0 Å². The molecule has 2 aromatic heterocycles. The third-order valence-electron chi connectivity index (χ3n) is 2.46. The highest BCUT2D eigenvalue weighted by Gasteiger charge is 2.03. The number of nitrogens with one attached hydrogen (secondary N) is 1. The molecule has 0 amide bonds. The van der Waals surface area contributed by atoms with Gasteiger partial charge in [0.1, 0.15) is 5.82 Å². The normalized spacial score (nSPS) is 10.6. The fourth-order valence-corrected chi connectivity index (χ4v) is 2.31. The highest BCUT2D eigenvalue weighted by atomic mass is 32.1. The molecule has 0 unspecified atom stereocenters. The van der Waals surface area contributed by atoms with Crippen LogP contribution in [0.3, 0.4) is 0 Å². The maximum Gasteiger partial charge on any atom is 0.124 e. The van der Waals surface area contributed by atoms with Crippen molar-refractivity contribution in [2.75, 3.05) is 5.32 Å². The minimum atomic E-state index is 0.878. The molecule has 0 saturated carbocycles. The van der Waals surface area contributed by atoms with Crippen LogP contribution in [0.1, 0.15) is 23.9 Å². The van der Waals surface area contributed by atoms with Crippen molar-refractivity contribution in [2.24, 2.45) is 7.05 Å². The average molecular weight is 235 g/mol. The van der Waals surface area contributed by atoms with Crippen LogP contribution in [0.5, 0.6) is 0 Å². The number of thiophene rings is 1. The number of rotatable bonds is 5. The van der Waals surface area contributed by atoms with Gasteiger partial charge < -0.3 is 5.32 Å². The van der Waals surface area contributed by atoms with Gasteiger partial charge in [-0.15, -0.1) is 11.3 Å². The van der Waals surface area contributed by atoms with Gasteiger partial charge in [0.25, 0.3) is 0 Å². The number of aromatic nitrogens is 2. The Kier molecular flexibility index (Phi) is 3.62. The lowest BCUT2D eigenvalue weighted by atomic mass is 10.2. The first-order chi connectivity index (χ1) is 7.79. The van der Waals surface area contributed by atoms with Crippen molar-refractivity contribution in [1.29, 1.82) is 0 Å². The Morgan fingerprint density at radius 1 is 1.50 bits per heavy atom. The van der Waals surface area contributed by atoms with Crippen LogP contribution in [0, 0.1) is 0 Å². The molecule has 0 aliphatic carbocycles. The zero-order chi connectivity index (χ0) is 11.4. The molecule has 0 bridgehead atoms. The molecule has 16 heavy (non-hydrogen) atoms. The van der Waals surface area contributed by atoms with Gasteiger partial charge in [0.2, 0.25) is 0 Å². The second-order valence-corrected chi connectivity index (χ2v) is 4.86. The lowest BCUT2D eigenvalue weighted by Gasteiger charge is -2.03. The summed E-state index contributed by atoms with van der Waals surface area (Å²) in [7, 11) is 1.98. The van der Waals surface area contributed by atoms with Crippen LogP contribution in [0.15, 0.2) is 23.6 Å². The van der Waals surface area contributed by atoms with Crippen molar-refractivity contribution in [3.8, 4) is 0 Å². The van der Waals surface area contributed by atoms with Crippen molar-refractivity contribution < 1.29 is 0 Å². The highest BCUT2D eigenvalue weighted by Crippen LogP contribution is 2.14. The third kappa shape index (κ3) is 2.64. The molecule has 86 valence electrons. The van der Waals surface area contributed by atoms with Gasteiger partial charge in [-0.3, -0.25) is 4.68 Å². The standard InChI is InChI=1S/C12H17N3S/c1-3-5-10-8-12(15(2)14-10)13-9-11-6-4-7-16-11/h4,6-8,13H,3,5,9H2,1-2H3. The molecule has 0 spiro atoms. The molecule has 4 heteroatoms. The van der Waals surface area contributed by atoms with Crippen LogP contribution >= 0.6 is 11.3 Å². The fraction of sp³-hybridized carbons (Fsp3) is 0.417. The fourth-order valence-electron chi connectivity index (χ4n) is 1.66. The van der Waals surface area contributed by atoms with Crippen LogP contribution in [-0.4, -0.2) is 9.78 Å². The predicted molar refractivity (Wildman–Crippen MR) is 68.8 cm³/mol. The van der Waals surface area contributed by atoms with Gasteiger partial charge in [-0.2, -0.15) is 5.10 Å². The number of anilines is 1. The summed E-state index contributed by atoms with van der Waals surface area (Å²) in [6.07, 6.45) is 2.19. The van der Waals surface area contributed by atoms with E-state index in [0.29, 0.717) is 0 Å². The lowest BCUT2D eigenvalue weighted by molar-refractivity contribution is 0.735. The van der Waals surface area contributed by atoms with E-state index in [2.05, 4.69) is 40.9 Å². The summed E-state index contributed by atoms with van der Waals surface area (Å²) >= 11 is 1.77. The summed E-state index contributed by atoms with van der Waals surface area (Å²) in [5.74, 6) is 1.09. The number of hydrogen-bond donors (Lipinski definition) is 1. The second kappa shape index (κ2) is 5.16. The van der Waals surface area contributed by atoms with Crippen LogP contribution in [-0.2, 0) is 20.0 Å². The topological polar surface area (TPSA) is 29.9 Å². The zero-order valence-corrected chi connectivity index (χ0v) is 10.5. The van der Waals surface area contributed by atoms with E-state index in [9.17, 15) is 0 Å². The first-order valence-corrected chi connectivity index (χ1v) is 6.46. The summed E-state index contributed by atoms with van der Waals surface area (Å²) < 4.78 is 1.92. The van der Waals surface area contributed by atoms with Crippen LogP contribution in [0.4, 0.5) is 5.82 Å². The molecule has 2 aromatic rings. The number of nitrogens with zero attached hydrogens (tertiary/aromatic N) is 2. The Morgan fingerprint density at radius 2 is 2.38 bits per heavy atom. The SMILES string of the molecule is CCCc1cc(NCc2cccs2)n(C)n1. The summed E-state index contributed by atoms with van der Waals surface area (Å²) in [5, 5.41) is 9.96. The van der Waals surface area contributed by atoms with Crippen molar-refractivity contribution in [3.63, 3.8) is 0 Å². The summed E-state index contributed by atoms with van der Waals surface area (Å²) in [4.78, 5) is 1.35. The van der Waals surface area contributed by atoms with Gasteiger partial charge in [0.05, 0.1) is 12.2 Å². The van der Waals surface area contributed by atoms with Crippen LogP contribution in [0.25, 0.3) is 0 Å². The van der Waals surface area contributed by atoms with Gasteiger partial charge in [-0.05, 0) is 17.9 Å². The molecule has 2 heterocycles. The maximum atomic E-state index is 4.46. The van der Waals surface area contributed by atoms with Gasteiger partial charge in [-0.1, -0.05) is 19.4 Å². The lowest BCUT2D eigenvalue weighted by Crippen LogP contribution is -2.03. The summed E-state index contributed by atoms with van der Waals surface area (Å²) in [6, 6.07) is 6.35. The van der Waals surface area contributed by atoms with E-state index in [-0.39, 0.29) is 0 Å². The average Bonchev–Trinajstić information content (AvgIpc) is 2.86. The van der Waals surface area contributed by atoms with E-state index in [1.165, 1.54) is 10.6 Å². The molecule has 1 N–H and O–H groups in total. The molecule has 0 atom stereocenters. The van der Waals surface area contributed by atoms with Crippen molar-refractivity contribution >= 4 is 17.2 Å². The van der Waals surface area contributed by atoms with Gasteiger partial charge in [-0.25, -0.2) is 0 Å². The number of hydrogen-bond acceptors (Lipinski definition) is 3.